The molecule has 0 spiro atoms. The molecule has 1 saturated heterocycles. The van der Waals surface area contributed by atoms with E-state index in [1.54, 1.807) is 19.9 Å². The second-order valence-electron chi connectivity index (χ2n) is 5.22. The van der Waals surface area contributed by atoms with Gasteiger partial charge in [0, 0.05) is 37.9 Å². The van der Waals surface area contributed by atoms with Crippen LogP contribution in [-0.4, -0.2) is 53.1 Å². The first kappa shape index (κ1) is 15.2. The maximum atomic E-state index is 11.0. The minimum Gasteiger partial charge on any atom is -0.480 e. The first-order valence-corrected chi connectivity index (χ1v) is 6.87. The molecule has 1 N–H and O–H groups in total. The molecule has 2 rings (SSSR count). The molecule has 0 radical (unpaired) electrons. The van der Waals surface area contributed by atoms with Crippen molar-refractivity contribution in [2.75, 3.05) is 31.1 Å². The molecule has 0 amide bonds. The Morgan fingerprint density at radius 1 is 1.33 bits per heavy atom. The highest BCUT2D eigenvalue weighted by atomic mass is 16.6. The van der Waals surface area contributed by atoms with Crippen molar-refractivity contribution in [1.82, 2.24) is 4.90 Å². The molecular weight excluding hydrogens is 274 g/mol. The van der Waals surface area contributed by atoms with Gasteiger partial charge in [0.2, 0.25) is 0 Å². The minimum absolute atomic E-state index is 0.119. The van der Waals surface area contributed by atoms with E-state index in [1.165, 1.54) is 6.07 Å². The number of carboxylic acid groups (broad SMARTS) is 1. The van der Waals surface area contributed by atoms with Crippen LogP contribution in [0.1, 0.15) is 12.5 Å². The molecule has 21 heavy (non-hydrogen) atoms. The van der Waals surface area contributed by atoms with Gasteiger partial charge in [-0.2, -0.15) is 0 Å². The van der Waals surface area contributed by atoms with E-state index in [9.17, 15) is 14.9 Å². The van der Waals surface area contributed by atoms with E-state index >= 15 is 0 Å². The molecule has 7 nitrogen and oxygen atoms in total. The molecule has 1 fully saturated rings. The SMILES string of the molecule is Cc1c(N2CCN(C(C)C(=O)O)CC2)cccc1[N+](=O)[O-]. The van der Waals surface area contributed by atoms with Crippen molar-refractivity contribution in [3.63, 3.8) is 0 Å². The molecule has 1 atom stereocenters. The third-order valence-electron chi connectivity index (χ3n) is 4.03. The van der Waals surface area contributed by atoms with E-state index in [0.29, 0.717) is 31.7 Å². The van der Waals surface area contributed by atoms with Gasteiger partial charge in [-0.25, -0.2) is 0 Å². The van der Waals surface area contributed by atoms with Gasteiger partial charge >= 0.3 is 5.97 Å². The third-order valence-corrected chi connectivity index (χ3v) is 4.03. The molecule has 114 valence electrons. The zero-order valence-corrected chi connectivity index (χ0v) is 12.2. The van der Waals surface area contributed by atoms with Gasteiger partial charge in [-0.15, -0.1) is 0 Å². The summed E-state index contributed by atoms with van der Waals surface area (Å²) in [5, 5.41) is 20.0. The van der Waals surface area contributed by atoms with Gasteiger partial charge in [0.1, 0.15) is 6.04 Å². The first-order chi connectivity index (χ1) is 9.91. The summed E-state index contributed by atoms with van der Waals surface area (Å²) in [6, 6.07) is 4.56. The Hall–Kier alpha value is -2.15. The molecule has 0 aliphatic carbocycles. The average molecular weight is 293 g/mol. The third kappa shape index (κ3) is 3.13. The molecule has 1 aliphatic heterocycles. The normalized spacial score (nSPS) is 17.5. The molecule has 1 aromatic rings. The van der Waals surface area contributed by atoms with Crippen molar-refractivity contribution in [2.24, 2.45) is 0 Å². The van der Waals surface area contributed by atoms with Crippen LogP contribution in [0.3, 0.4) is 0 Å². The van der Waals surface area contributed by atoms with E-state index in [0.717, 1.165) is 5.69 Å². The molecule has 0 saturated carbocycles. The maximum Gasteiger partial charge on any atom is 0.320 e. The topological polar surface area (TPSA) is 86.9 Å². The van der Waals surface area contributed by atoms with Crippen molar-refractivity contribution >= 4 is 17.3 Å². The van der Waals surface area contributed by atoms with Crippen LogP contribution < -0.4 is 4.90 Å². The highest BCUT2D eigenvalue weighted by Gasteiger charge is 2.26. The van der Waals surface area contributed by atoms with Crippen LogP contribution in [0.5, 0.6) is 0 Å². The number of hydrogen-bond acceptors (Lipinski definition) is 5. The first-order valence-electron chi connectivity index (χ1n) is 6.87. The summed E-state index contributed by atoms with van der Waals surface area (Å²) in [6.45, 7) is 6.03. The monoisotopic (exact) mass is 293 g/mol. The van der Waals surface area contributed by atoms with Crippen molar-refractivity contribution < 1.29 is 14.8 Å². The number of nitro benzene ring substituents is 1. The average Bonchev–Trinajstić information content (AvgIpc) is 2.46. The van der Waals surface area contributed by atoms with Gasteiger partial charge in [0.25, 0.3) is 5.69 Å². The number of nitro groups is 1. The van der Waals surface area contributed by atoms with E-state index in [1.807, 2.05) is 11.0 Å². The van der Waals surface area contributed by atoms with Gasteiger partial charge in [0.15, 0.2) is 0 Å². The fourth-order valence-corrected chi connectivity index (χ4v) is 2.66. The Bertz CT molecular complexity index is 553. The summed E-state index contributed by atoms with van der Waals surface area (Å²) >= 11 is 0. The molecule has 7 heteroatoms. The standard InChI is InChI=1S/C14H19N3O4/c1-10-12(4-3-5-13(10)17(20)21)16-8-6-15(7-9-16)11(2)14(18)19/h3-5,11H,6-9H2,1-2H3,(H,18,19). The number of anilines is 1. The Morgan fingerprint density at radius 2 is 1.95 bits per heavy atom. The van der Waals surface area contributed by atoms with E-state index in [2.05, 4.69) is 4.90 Å². The maximum absolute atomic E-state index is 11.0. The van der Waals surface area contributed by atoms with Gasteiger partial charge in [-0.1, -0.05) is 6.07 Å². The number of carboxylic acids is 1. The molecule has 1 heterocycles. The summed E-state index contributed by atoms with van der Waals surface area (Å²) in [5.74, 6) is -0.824. The zero-order chi connectivity index (χ0) is 15.6. The van der Waals surface area contributed by atoms with Crippen LogP contribution in [0.4, 0.5) is 11.4 Å². The van der Waals surface area contributed by atoms with Crippen molar-refractivity contribution in [3.8, 4) is 0 Å². The number of hydrogen-bond donors (Lipinski definition) is 1. The van der Waals surface area contributed by atoms with Crippen molar-refractivity contribution in [3.05, 3.63) is 33.9 Å². The smallest absolute Gasteiger partial charge is 0.320 e. The van der Waals surface area contributed by atoms with Crippen LogP contribution in [0.2, 0.25) is 0 Å². The second kappa shape index (κ2) is 6.09. The Labute approximate surface area is 122 Å². The lowest BCUT2D eigenvalue weighted by Gasteiger charge is -2.38. The minimum atomic E-state index is -0.824. The van der Waals surface area contributed by atoms with Gasteiger partial charge in [0.05, 0.1) is 10.5 Å². The highest BCUT2D eigenvalue weighted by molar-refractivity contribution is 5.73. The quantitative estimate of drug-likeness (QED) is 0.668. The molecule has 0 bridgehead atoms. The highest BCUT2D eigenvalue weighted by Crippen LogP contribution is 2.29. The van der Waals surface area contributed by atoms with Crippen molar-refractivity contribution in [1.29, 1.82) is 0 Å². The molecule has 1 aliphatic rings. The van der Waals surface area contributed by atoms with Gasteiger partial charge in [-0.3, -0.25) is 19.8 Å². The fourth-order valence-electron chi connectivity index (χ4n) is 2.66. The number of piperazine rings is 1. The number of benzene rings is 1. The van der Waals surface area contributed by atoms with Crippen LogP contribution in [0, 0.1) is 17.0 Å². The summed E-state index contributed by atoms with van der Waals surface area (Å²) in [4.78, 5) is 25.6. The number of rotatable bonds is 4. The lowest BCUT2D eigenvalue weighted by molar-refractivity contribution is -0.385. The summed E-state index contributed by atoms with van der Waals surface area (Å²) in [7, 11) is 0. The molecule has 1 aromatic carbocycles. The Kier molecular flexibility index (Phi) is 4.42. The Morgan fingerprint density at radius 3 is 2.48 bits per heavy atom. The lowest BCUT2D eigenvalue weighted by atomic mass is 10.1. The van der Waals surface area contributed by atoms with Crippen LogP contribution in [-0.2, 0) is 4.79 Å². The molecular formula is C14H19N3O4. The van der Waals surface area contributed by atoms with E-state index in [-0.39, 0.29) is 10.6 Å². The largest absolute Gasteiger partial charge is 0.480 e. The van der Waals surface area contributed by atoms with Crippen molar-refractivity contribution in [2.45, 2.75) is 19.9 Å². The van der Waals surface area contributed by atoms with Crippen LogP contribution >= 0.6 is 0 Å². The van der Waals surface area contributed by atoms with Crippen LogP contribution in [0.15, 0.2) is 18.2 Å². The fraction of sp³-hybridized carbons (Fsp3) is 0.500. The van der Waals surface area contributed by atoms with Gasteiger partial charge in [-0.05, 0) is 19.9 Å². The molecule has 0 aromatic heterocycles. The van der Waals surface area contributed by atoms with Crippen LogP contribution in [0.25, 0.3) is 0 Å². The number of aliphatic carboxylic acids is 1. The second-order valence-corrected chi connectivity index (χ2v) is 5.22. The van der Waals surface area contributed by atoms with E-state index in [4.69, 9.17) is 5.11 Å². The summed E-state index contributed by atoms with van der Waals surface area (Å²) in [6.07, 6.45) is 0. The number of nitrogens with zero attached hydrogens (tertiary/aromatic N) is 3. The molecule has 1 unspecified atom stereocenters. The summed E-state index contributed by atoms with van der Waals surface area (Å²) in [5.41, 5.74) is 1.63. The van der Waals surface area contributed by atoms with Gasteiger partial charge < -0.3 is 10.0 Å². The number of carbonyl (C=O) groups is 1. The summed E-state index contributed by atoms with van der Waals surface area (Å²) < 4.78 is 0. The zero-order valence-electron chi connectivity index (χ0n) is 12.2. The van der Waals surface area contributed by atoms with E-state index < -0.39 is 12.0 Å². The lowest BCUT2D eigenvalue weighted by Crippen LogP contribution is -2.51. The Balaban J connectivity index is 2.11. The predicted molar refractivity (Wildman–Crippen MR) is 78.7 cm³/mol. The predicted octanol–water partition coefficient (Wildman–Crippen LogP) is 1.50.